The second-order valence-corrected chi connectivity index (χ2v) is 5.76. The average Bonchev–Trinajstić information content (AvgIpc) is 3.10. The first-order valence-electron chi connectivity index (χ1n) is 6.99. The number of carbonyl (C=O) groups excluding carboxylic acids is 1. The summed E-state index contributed by atoms with van der Waals surface area (Å²) in [4.78, 5) is 24.9. The maximum absolute atomic E-state index is 11.6. The van der Waals surface area contributed by atoms with Gasteiger partial charge in [0, 0.05) is 25.7 Å². The molecule has 2 amide bonds. The normalized spacial score (nSPS) is 20.7. The molecule has 2 fully saturated rings. The second kappa shape index (κ2) is 5.77. The number of urea groups is 1. The molecule has 2 aliphatic carbocycles. The van der Waals surface area contributed by atoms with Crippen molar-refractivity contribution in [3.8, 4) is 0 Å². The highest BCUT2D eigenvalue weighted by atomic mass is 16.4. The molecule has 0 aliphatic heterocycles. The van der Waals surface area contributed by atoms with Gasteiger partial charge in [0.05, 0.1) is 5.41 Å². The van der Waals surface area contributed by atoms with E-state index >= 15 is 0 Å². The summed E-state index contributed by atoms with van der Waals surface area (Å²) < 4.78 is 0. The number of carboxylic acids is 1. The zero-order chi connectivity index (χ0) is 13.9. The van der Waals surface area contributed by atoms with Gasteiger partial charge in [-0.15, -0.1) is 0 Å². The smallest absolute Gasteiger partial charge is 0.314 e. The Morgan fingerprint density at radius 2 is 2.00 bits per heavy atom. The molecule has 2 aliphatic rings. The van der Waals surface area contributed by atoms with E-state index in [4.69, 9.17) is 5.11 Å². The predicted molar refractivity (Wildman–Crippen MR) is 71.0 cm³/mol. The lowest BCUT2D eigenvalue weighted by atomic mass is 9.69. The molecule has 0 radical (unpaired) electrons. The fourth-order valence-electron chi connectivity index (χ4n) is 2.43. The molecule has 0 aromatic rings. The van der Waals surface area contributed by atoms with Gasteiger partial charge in [-0.2, -0.15) is 0 Å². The van der Waals surface area contributed by atoms with E-state index < -0.39 is 11.4 Å². The Hall–Kier alpha value is -1.30. The molecule has 0 saturated heterocycles. The molecule has 0 atom stereocenters. The van der Waals surface area contributed by atoms with Gasteiger partial charge in [-0.25, -0.2) is 4.79 Å². The van der Waals surface area contributed by atoms with Crippen LogP contribution in [0, 0.1) is 5.41 Å². The maximum Gasteiger partial charge on any atom is 0.314 e. The summed E-state index contributed by atoms with van der Waals surface area (Å²) in [5.74, 6) is -0.799. The summed E-state index contributed by atoms with van der Waals surface area (Å²) >= 11 is 0. The number of rotatable bonds is 7. The Labute approximate surface area is 113 Å². The number of hydrogen-bond donors (Lipinski definition) is 3. The van der Waals surface area contributed by atoms with Crippen LogP contribution in [-0.4, -0.2) is 54.7 Å². The zero-order valence-electron chi connectivity index (χ0n) is 11.4. The first kappa shape index (κ1) is 14.1. The number of amides is 2. The molecule has 6 heteroatoms. The Bertz CT molecular complexity index is 351. The van der Waals surface area contributed by atoms with Gasteiger partial charge >= 0.3 is 12.0 Å². The number of carbonyl (C=O) groups is 2. The van der Waals surface area contributed by atoms with E-state index in [1.54, 1.807) is 0 Å². The monoisotopic (exact) mass is 269 g/mol. The molecule has 0 spiro atoms. The van der Waals surface area contributed by atoms with Crippen molar-refractivity contribution in [1.29, 1.82) is 0 Å². The van der Waals surface area contributed by atoms with Gasteiger partial charge in [-0.3, -0.25) is 4.79 Å². The molecule has 19 heavy (non-hydrogen) atoms. The van der Waals surface area contributed by atoms with Gasteiger partial charge in [-0.1, -0.05) is 6.42 Å². The van der Waals surface area contributed by atoms with Crippen molar-refractivity contribution < 1.29 is 14.7 Å². The van der Waals surface area contributed by atoms with Crippen LogP contribution in [0.1, 0.15) is 32.1 Å². The fourth-order valence-corrected chi connectivity index (χ4v) is 2.43. The number of hydrogen-bond acceptors (Lipinski definition) is 3. The van der Waals surface area contributed by atoms with E-state index in [2.05, 4.69) is 22.6 Å². The largest absolute Gasteiger partial charge is 0.481 e. The van der Waals surface area contributed by atoms with Crippen molar-refractivity contribution >= 4 is 12.0 Å². The third-order valence-electron chi connectivity index (χ3n) is 4.27. The van der Waals surface area contributed by atoms with Gasteiger partial charge in [0.25, 0.3) is 0 Å². The predicted octanol–water partition coefficient (Wildman–Crippen LogP) is 0.635. The zero-order valence-corrected chi connectivity index (χ0v) is 11.4. The standard InChI is InChI=1S/C13H23N3O3/c1-16(10-3-4-10)8-7-14-12(19)15-9-13(11(17)18)5-2-6-13/h10H,2-9H2,1H3,(H,17,18)(H2,14,15,19). The number of aliphatic carboxylic acids is 1. The van der Waals surface area contributed by atoms with Gasteiger partial charge < -0.3 is 20.6 Å². The van der Waals surface area contributed by atoms with Crippen molar-refractivity contribution in [3.05, 3.63) is 0 Å². The van der Waals surface area contributed by atoms with Gasteiger partial charge in [0.2, 0.25) is 0 Å². The SMILES string of the molecule is CN(CCNC(=O)NCC1(C(=O)O)CCC1)C1CC1. The fraction of sp³-hybridized carbons (Fsp3) is 0.846. The minimum Gasteiger partial charge on any atom is -0.481 e. The van der Waals surface area contributed by atoms with Crippen molar-refractivity contribution in [3.63, 3.8) is 0 Å². The van der Waals surface area contributed by atoms with Gasteiger partial charge in [0.15, 0.2) is 0 Å². The Morgan fingerprint density at radius 1 is 1.32 bits per heavy atom. The lowest BCUT2D eigenvalue weighted by molar-refractivity contribution is -0.153. The third kappa shape index (κ3) is 3.59. The number of nitrogens with one attached hydrogen (secondary N) is 2. The van der Waals surface area contributed by atoms with Crippen LogP contribution >= 0.6 is 0 Å². The molecule has 0 bridgehead atoms. The molecule has 3 N–H and O–H groups in total. The first-order chi connectivity index (χ1) is 9.03. The second-order valence-electron chi connectivity index (χ2n) is 5.76. The molecule has 0 aromatic carbocycles. The Kier molecular flexibility index (Phi) is 4.29. The van der Waals surface area contributed by atoms with Crippen LogP contribution in [-0.2, 0) is 4.79 Å². The van der Waals surface area contributed by atoms with Crippen molar-refractivity contribution in [2.75, 3.05) is 26.7 Å². The van der Waals surface area contributed by atoms with Gasteiger partial charge in [-0.05, 0) is 32.7 Å². The van der Waals surface area contributed by atoms with Crippen LogP contribution in [0.3, 0.4) is 0 Å². The van der Waals surface area contributed by atoms with Crippen LogP contribution in [0.25, 0.3) is 0 Å². The molecule has 0 aromatic heterocycles. The summed E-state index contributed by atoms with van der Waals surface area (Å²) in [6.07, 6.45) is 4.76. The maximum atomic E-state index is 11.6. The molecule has 2 saturated carbocycles. The van der Waals surface area contributed by atoms with E-state index in [-0.39, 0.29) is 12.6 Å². The molecule has 6 nitrogen and oxygen atoms in total. The minimum absolute atomic E-state index is 0.229. The topological polar surface area (TPSA) is 81.7 Å². The number of nitrogens with zero attached hydrogens (tertiary/aromatic N) is 1. The lowest BCUT2D eigenvalue weighted by Gasteiger charge is -2.37. The summed E-state index contributed by atoms with van der Waals surface area (Å²) in [7, 11) is 2.06. The highest BCUT2D eigenvalue weighted by Gasteiger charge is 2.44. The molecule has 2 rings (SSSR count). The first-order valence-corrected chi connectivity index (χ1v) is 6.99. The minimum atomic E-state index is -0.799. The molecule has 0 heterocycles. The highest BCUT2D eigenvalue weighted by molar-refractivity contribution is 5.78. The molecular weight excluding hydrogens is 246 g/mol. The van der Waals surface area contributed by atoms with Crippen LogP contribution in [0.2, 0.25) is 0 Å². The summed E-state index contributed by atoms with van der Waals surface area (Å²) in [6.45, 7) is 1.66. The van der Waals surface area contributed by atoms with Crippen LogP contribution in [0.15, 0.2) is 0 Å². The highest BCUT2D eigenvalue weighted by Crippen LogP contribution is 2.40. The van der Waals surface area contributed by atoms with E-state index in [1.165, 1.54) is 12.8 Å². The van der Waals surface area contributed by atoms with Gasteiger partial charge in [0.1, 0.15) is 0 Å². The summed E-state index contributed by atoms with van der Waals surface area (Å²) in [5.41, 5.74) is -0.720. The van der Waals surface area contributed by atoms with E-state index in [0.29, 0.717) is 25.4 Å². The van der Waals surface area contributed by atoms with Crippen molar-refractivity contribution in [2.45, 2.75) is 38.1 Å². The molecular formula is C13H23N3O3. The number of carboxylic acid groups (broad SMARTS) is 1. The van der Waals surface area contributed by atoms with Crippen molar-refractivity contribution in [1.82, 2.24) is 15.5 Å². The van der Waals surface area contributed by atoms with E-state index in [0.717, 1.165) is 13.0 Å². The Morgan fingerprint density at radius 3 is 2.47 bits per heavy atom. The van der Waals surface area contributed by atoms with Crippen LogP contribution < -0.4 is 10.6 Å². The van der Waals surface area contributed by atoms with Crippen LogP contribution in [0.4, 0.5) is 4.79 Å². The van der Waals surface area contributed by atoms with E-state index in [1.807, 2.05) is 0 Å². The van der Waals surface area contributed by atoms with Crippen LogP contribution in [0.5, 0.6) is 0 Å². The van der Waals surface area contributed by atoms with E-state index in [9.17, 15) is 9.59 Å². The quantitative estimate of drug-likeness (QED) is 0.633. The molecule has 108 valence electrons. The summed E-state index contributed by atoms with van der Waals surface area (Å²) in [6, 6.07) is 0.423. The lowest BCUT2D eigenvalue weighted by Crippen LogP contribution is -2.50. The summed E-state index contributed by atoms with van der Waals surface area (Å²) in [5, 5.41) is 14.6. The third-order valence-corrected chi connectivity index (χ3v) is 4.27. The average molecular weight is 269 g/mol. The molecule has 0 unspecified atom stereocenters. The number of likely N-dealkylation sites (N-methyl/N-ethyl adjacent to an activating group) is 1. The van der Waals surface area contributed by atoms with Crippen molar-refractivity contribution in [2.24, 2.45) is 5.41 Å². The Balaban J connectivity index is 1.60.